The van der Waals surface area contributed by atoms with Crippen LogP contribution in [0.25, 0.3) is 0 Å². The summed E-state index contributed by atoms with van der Waals surface area (Å²) in [5, 5.41) is 0. The molecule has 0 unspecified atom stereocenters. The first kappa shape index (κ1) is 15.1. The zero-order valence-corrected chi connectivity index (χ0v) is 13.5. The third-order valence-corrected chi connectivity index (χ3v) is 5.00. The lowest BCUT2D eigenvalue weighted by Crippen LogP contribution is -2.21. The number of nitrogens with zero attached hydrogens (tertiary/aromatic N) is 1. The SMILES string of the molecule is COc1cc(C2(N=C=O)CCCC2)c(C)c(Br)c1OC. The molecular weight excluding hydrogens is 322 g/mol. The summed E-state index contributed by atoms with van der Waals surface area (Å²) in [5.41, 5.74) is 1.58. The number of hydrogen-bond donors (Lipinski definition) is 0. The number of halogens is 1. The maximum Gasteiger partial charge on any atom is 0.235 e. The minimum absolute atomic E-state index is 0.464. The van der Waals surface area contributed by atoms with Gasteiger partial charge in [-0.2, -0.15) is 4.99 Å². The molecule has 0 aromatic heterocycles. The van der Waals surface area contributed by atoms with Crippen molar-refractivity contribution < 1.29 is 14.3 Å². The van der Waals surface area contributed by atoms with E-state index >= 15 is 0 Å². The van der Waals surface area contributed by atoms with E-state index in [9.17, 15) is 4.79 Å². The minimum atomic E-state index is -0.464. The molecule has 2 rings (SSSR count). The molecule has 0 aliphatic heterocycles. The lowest BCUT2D eigenvalue weighted by Gasteiger charge is -2.27. The standard InChI is InChI=1S/C15H18BrNO3/c1-10-11(15(17-9-18)6-4-5-7-15)8-12(19-2)14(20-3)13(10)16/h8H,4-7H2,1-3H3. The number of hydrogen-bond acceptors (Lipinski definition) is 4. The molecule has 0 N–H and O–H groups in total. The summed E-state index contributed by atoms with van der Waals surface area (Å²) in [7, 11) is 3.21. The Morgan fingerprint density at radius 2 is 1.95 bits per heavy atom. The number of rotatable bonds is 4. The third kappa shape index (κ3) is 2.36. The Hall–Kier alpha value is -1.32. The van der Waals surface area contributed by atoms with Gasteiger partial charge in [0.1, 0.15) is 0 Å². The van der Waals surface area contributed by atoms with Gasteiger partial charge in [-0.25, -0.2) is 4.79 Å². The summed E-state index contributed by atoms with van der Waals surface area (Å²) in [6.45, 7) is 2.00. The molecule has 20 heavy (non-hydrogen) atoms. The van der Waals surface area contributed by atoms with Gasteiger partial charge >= 0.3 is 0 Å². The molecule has 1 aliphatic rings. The number of carbonyl (C=O) groups excluding carboxylic acids is 1. The van der Waals surface area contributed by atoms with Gasteiger partial charge in [0.15, 0.2) is 11.5 Å². The third-order valence-electron chi connectivity index (χ3n) is 4.05. The lowest BCUT2D eigenvalue weighted by atomic mass is 9.85. The molecule has 0 spiro atoms. The van der Waals surface area contributed by atoms with Crippen LogP contribution in [0.4, 0.5) is 0 Å². The van der Waals surface area contributed by atoms with Gasteiger partial charge in [-0.05, 0) is 52.9 Å². The molecule has 1 saturated carbocycles. The highest BCUT2D eigenvalue weighted by Gasteiger charge is 2.38. The summed E-state index contributed by atoms with van der Waals surface area (Å²) in [6, 6.07) is 1.94. The summed E-state index contributed by atoms with van der Waals surface area (Å²) in [6.07, 6.45) is 5.61. The Kier molecular flexibility index (Phi) is 4.51. The second kappa shape index (κ2) is 5.98. The molecule has 0 radical (unpaired) electrons. The van der Waals surface area contributed by atoms with Gasteiger partial charge in [-0.15, -0.1) is 0 Å². The second-order valence-electron chi connectivity index (χ2n) is 5.04. The van der Waals surface area contributed by atoms with Crippen LogP contribution in [0.15, 0.2) is 15.5 Å². The summed E-state index contributed by atoms with van der Waals surface area (Å²) < 4.78 is 11.6. The molecule has 0 atom stereocenters. The highest BCUT2D eigenvalue weighted by atomic mass is 79.9. The quantitative estimate of drug-likeness (QED) is 0.617. The van der Waals surface area contributed by atoms with E-state index in [1.54, 1.807) is 20.3 Å². The summed E-state index contributed by atoms with van der Waals surface area (Å²) in [4.78, 5) is 15.0. The number of methoxy groups -OCH3 is 2. The van der Waals surface area contributed by atoms with Crippen molar-refractivity contribution in [2.24, 2.45) is 4.99 Å². The van der Waals surface area contributed by atoms with Crippen LogP contribution in [0.1, 0.15) is 36.8 Å². The molecule has 0 saturated heterocycles. The van der Waals surface area contributed by atoms with Crippen LogP contribution in [0.3, 0.4) is 0 Å². The van der Waals surface area contributed by atoms with Gasteiger partial charge in [-0.3, -0.25) is 0 Å². The zero-order valence-electron chi connectivity index (χ0n) is 12.0. The monoisotopic (exact) mass is 339 g/mol. The van der Waals surface area contributed by atoms with Crippen molar-refractivity contribution in [3.8, 4) is 11.5 Å². The maximum atomic E-state index is 10.9. The highest BCUT2D eigenvalue weighted by molar-refractivity contribution is 9.10. The topological polar surface area (TPSA) is 47.9 Å². The fourth-order valence-electron chi connectivity index (χ4n) is 3.02. The van der Waals surface area contributed by atoms with Crippen molar-refractivity contribution in [3.05, 3.63) is 21.7 Å². The Morgan fingerprint density at radius 1 is 1.30 bits per heavy atom. The Labute approximate surface area is 127 Å². The minimum Gasteiger partial charge on any atom is -0.493 e. The van der Waals surface area contributed by atoms with Crippen LogP contribution in [0.5, 0.6) is 11.5 Å². The average molecular weight is 340 g/mol. The van der Waals surface area contributed by atoms with E-state index < -0.39 is 5.54 Å². The molecule has 4 nitrogen and oxygen atoms in total. The molecule has 1 aliphatic carbocycles. The van der Waals surface area contributed by atoms with Crippen molar-refractivity contribution in [3.63, 3.8) is 0 Å². The first-order valence-corrected chi connectivity index (χ1v) is 7.39. The Morgan fingerprint density at radius 3 is 2.45 bits per heavy atom. The zero-order chi connectivity index (χ0) is 14.8. The van der Waals surface area contributed by atoms with E-state index in [-0.39, 0.29) is 0 Å². The van der Waals surface area contributed by atoms with E-state index in [0.29, 0.717) is 11.5 Å². The Balaban J connectivity index is 2.67. The van der Waals surface area contributed by atoms with Crippen LogP contribution in [-0.2, 0) is 10.3 Å². The summed E-state index contributed by atoms with van der Waals surface area (Å²) >= 11 is 3.56. The van der Waals surface area contributed by atoms with Gasteiger partial charge in [-0.1, -0.05) is 12.8 Å². The number of benzene rings is 1. The average Bonchev–Trinajstić information content (AvgIpc) is 2.91. The van der Waals surface area contributed by atoms with Crippen LogP contribution >= 0.6 is 15.9 Å². The molecule has 108 valence electrons. The van der Waals surface area contributed by atoms with Gasteiger partial charge in [0.2, 0.25) is 6.08 Å². The van der Waals surface area contributed by atoms with Crippen molar-refractivity contribution in [2.45, 2.75) is 38.1 Å². The number of ether oxygens (including phenoxy) is 2. The molecule has 0 bridgehead atoms. The van der Waals surface area contributed by atoms with E-state index in [2.05, 4.69) is 20.9 Å². The van der Waals surface area contributed by atoms with Crippen LogP contribution < -0.4 is 9.47 Å². The predicted octanol–water partition coefficient (Wildman–Crippen LogP) is 3.88. The molecule has 1 fully saturated rings. The predicted molar refractivity (Wildman–Crippen MR) is 80.3 cm³/mol. The van der Waals surface area contributed by atoms with Crippen molar-refractivity contribution in [1.82, 2.24) is 0 Å². The van der Waals surface area contributed by atoms with E-state index in [0.717, 1.165) is 41.3 Å². The fourth-order valence-corrected chi connectivity index (χ4v) is 3.59. The molecule has 1 aromatic carbocycles. The molecule has 1 aromatic rings. The Bertz CT molecular complexity index is 559. The normalized spacial score (nSPS) is 16.6. The van der Waals surface area contributed by atoms with Gasteiger partial charge in [0, 0.05) is 0 Å². The maximum absolute atomic E-state index is 10.9. The largest absolute Gasteiger partial charge is 0.493 e. The van der Waals surface area contributed by atoms with E-state index in [1.807, 2.05) is 13.0 Å². The van der Waals surface area contributed by atoms with Crippen molar-refractivity contribution in [2.75, 3.05) is 14.2 Å². The van der Waals surface area contributed by atoms with E-state index in [1.165, 1.54) is 0 Å². The molecular formula is C15H18BrNO3. The number of aliphatic imine (C=N–C) groups is 1. The first-order chi connectivity index (χ1) is 9.59. The van der Waals surface area contributed by atoms with Crippen LogP contribution in [-0.4, -0.2) is 20.3 Å². The summed E-state index contributed by atoms with van der Waals surface area (Å²) in [5.74, 6) is 1.31. The lowest BCUT2D eigenvalue weighted by molar-refractivity contribution is 0.349. The van der Waals surface area contributed by atoms with E-state index in [4.69, 9.17) is 9.47 Å². The van der Waals surface area contributed by atoms with Crippen molar-refractivity contribution >= 4 is 22.0 Å². The van der Waals surface area contributed by atoms with Crippen LogP contribution in [0.2, 0.25) is 0 Å². The highest BCUT2D eigenvalue weighted by Crippen LogP contribution is 2.49. The van der Waals surface area contributed by atoms with Gasteiger partial charge in [0.05, 0.1) is 24.2 Å². The molecule has 5 heteroatoms. The van der Waals surface area contributed by atoms with Crippen molar-refractivity contribution in [1.29, 1.82) is 0 Å². The van der Waals surface area contributed by atoms with Gasteiger partial charge in [0.25, 0.3) is 0 Å². The van der Waals surface area contributed by atoms with Crippen LogP contribution in [0, 0.1) is 6.92 Å². The second-order valence-corrected chi connectivity index (χ2v) is 5.83. The first-order valence-electron chi connectivity index (χ1n) is 6.60. The fraction of sp³-hybridized carbons (Fsp3) is 0.533. The molecule has 0 amide bonds. The smallest absolute Gasteiger partial charge is 0.235 e. The molecule has 0 heterocycles. The number of isocyanates is 1. The van der Waals surface area contributed by atoms with Gasteiger partial charge < -0.3 is 9.47 Å².